The zero-order valence-electron chi connectivity index (χ0n) is 18.9. The van der Waals surface area contributed by atoms with Crippen LogP contribution < -0.4 is 31.7 Å². The fourth-order valence-electron chi connectivity index (χ4n) is 4.07. The van der Waals surface area contributed by atoms with Gasteiger partial charge in [0.2, 0.25) is 0 Å². The molecule has 33 heavy (non-hydrogen) atoms. The first-order valence-corrected chi connectivity index (χ1v) is 10.7. The third-order valence-corrected chi connectivity index (χ3v) is 5.77. The minimum atomic E-state index is -0.638. The summed E-state index contributed by atoms with van der Waals surface area (Å²) in [5.41, 5.74) is 9.98. The van der Waals surface area contributed by atoms with Crippen LogP contribution in [0, 0.1) is 6.92 Å². The third-order valence-electron chi connectivity index (χ3n) is 5.77. The van der Waals surface area contributed by atoms with Gasteiger partial charge in [-0.2, -0.15) is 0 Å². The fraction of sp³-hybridized carbons (Fsp3) is 0.292. The number of primary amides is 1. The summed E-state index contributed by atoms with van der Waals surface area (Å²) in [4.78, 5) is 29.5. The number of hydrogen-bond donors (Lipinski definition) is 2. The number of ether oxygens (including phenoxy) is 2. The number of amides is 2. The highest BCUT2D eigenvalue weighted by molar-refractivity contribution is 5.71. The van der Waals surface area contributed by atoms with Gasteiger partial charge < -0.3 is 20.5 Å². The van der Waals surface area contributed by atoms with E-state index in [4.69, 9.17) is 20.2 Å². The number of benzene rings is 2. The Morgan fingerprint density at radius 1 is 1.15 bits per heavy atom. The molecule has 172 valence electrons. The van der Waals surface area contributed by atoms with E-state index in [0.717, 1.165) is 28.1 Å². The molecule has 2 aromatic carbocycles. The van der Waals surface area contributed by atoms with Gasteiger partial charge in [-0.3, -0.25) is 9.13 Å². The lowest BCUT2D eigenvalue weighted by molar-refractivity contribution is 0.248. The molecule has 1 aliphatic heterocycles. The summed E-state index contributed by atoms with van der Waals surface area (Å²) in [6.07, 6.45) is 0.677. The zero-order valence-corrected chi connectivity index (χ0v) is 18.9. The molecule has 0 unspecified atom stereocenters. The highest BCUT2D eigenvalue weighted by Crippen LogP contribution is 2.37. The first-order valence-electron chi connectivity index (χ1n) is 10.7. The lowest BCUT2D eigenvalue weighted by atomic mass is 9.97. The Morgan fingerprint density at radius 2 is 1.88 bits per heavy atom. The van der Waals surface area contributed by atoms with Crippen molar-refractivity contribution >= 4 is 11.7 Å². The van der Waals surface area contributed by atoms with Gasteiger partial charge in [0.25, 0.3) is 0 Å². The number of rotatable bonds is 6. The van der Waals surface area contributed by atoms with Crippen molar-refractivity contribution in [2.75, 3.05) is 20.8 Å². The van der Waals surface area contributed by atoms with Gasteiger partial charge >= 0.3 is 11.7 Å². The lowest BCUT2D eigenvalue weighted by Gasteiger charge is -2.24. The van der Waals surface area contributed by atoms with Gasteiger partial charge in [-0.15, -0.1) is 0 Å². The predicted molar refractivity (Wildman–Crippen MR) is 125 cm³/mol. The molecular weight excluding hydrogens is 422 g/mol. The number of urea groups is 1. The van der Waals surface area contributed by atoms with E-state index in [0.29, 0.717) is 30.0 Å². The molecule has 3 aromatic rings. The van der Waals surface area contributed by atoms with Crippen molar-refractivity contribution < 1.29 is 14.3 Å². The van der Waals surface area contributed by atoms with Crippen LogP contribution in [0.4, 0.5) is 10.5 Å². The number of methoxy groups -OCH3 is 2. The van der Waals surface area contributed by atoms with Crippen LogP contribution in [0.1, 0.15) is 11.1 Å². The van der Waals surface area contributed by atoms with E-state index in [2.05, 4.69) is 5.32 Å². The molecule has 0 fully saturated rings. The molecule has 2 heterocycles. The Morgan fingerprint density at radius 3 is 2.58 bits per heavy atom. The van der Waals surface area contributed by atoms with Crippen molar-refractivity contribution in [3.8, 4) is 22.8 Å². The number of nitrogens with zero attached hydrogens (tertiary/aromatic N) is 3. The SMILES string of the molecule is COc1cc2c(cc1OC)-c1c/c(=N\c3ccccc3C)n(CCNC(N)=O)c(=O)n1CC2. The van der Waals surface area contributed by atoms with Crippen LogP contribution in [0.15, 0.2) is 52.3 Å². The third kappa shape index (κ3) is 4.34. The molecule has 0 bridgehead atoms. The van der Waals surface area contributed by atoms with Crippen LogP contribution in [0.3, 0.4) is 0 Å². The van der Waals surface area contributed by atoms with E-state index in [1.165, 1.54) is 0 Å². The number of carbonyl (C=O) groups is 1. The van der Waals surface area contributed by atoms with Crippen molar-refractivity contribution in [2.24, 2.45) is 10.7 Å². The Hall–Kier alpha value is -4.01. The minimum absolute atomic E-state index is 0.202. The van der Waals surface area contributed by atoms with Crippen LogP contribution in [0.5, 0.6) is 11.5 Å². The summed E-state index contributed by atoms with van der Waals surface area (Å²) in [5.74, 6) is 1.25. The average Bonchev–Trinajstić information content (AvgIpc) is 2.81. The van der Waals surface area contributed by atoms with Crippen LogP contribution in [0.2, 0.25) is 0 Å². The number of fused-ring (bicyclic) bond motifs is 3. The molecule has 0 radical (unpaired) electrons. The van der Waals surface area contributed by atoms with E-state index < -0.39 is 6.03 Å². The van der Waals surface area contributed by atoms with Gasteiger partial charge in [0.05, 0.1) is 25.6 Å². The minimum Gasteiger partial charge on any atom is -0.493 e. The van der Waals surface area contributed by atoms with Crippen LogP contribution in [0.25, 0.3) is 11.3 Å². The number of hydrogen-bond acceptors (Lipinski definition) is 5. The number of aromatic nitrogens is 2. The van der Waals surface area contributed by atoms with Gasteiger partial charge in [0.15, 0.2) is 11.5 Å². The molecule has 9 heteroatoms. The highest BCUT2D eigenvalue weighted by Gasteiger charge is 2.22. The Kier molecular flexibility index (Phi) is 6.21. The molecule has 2 amide bonds. The Labute approximate surface area is 191 Å². The standard InChI is InChI=1S/C24H27N5O4/c1-15-6-4-5-7-18(15)27-22-14-19-17-13-21(33-3)20(32-2)12-16(17)8-10-28(19)24(31)29(22)11-9-26-23(25)30/h4-7,12-14H,8-11H2,1-3H3,(H3,25,26,30)/b27-22+. The van der Waals surface area contributed by atoms with Crippen molar-refractivity contribution in [1.29, 1.82) is 0 Å². The Bertz CT molecular complexity index is 1340. The zero-order chi connectivity index (χ0) is 23.5. The first-order chi connectivity index (χ1) is 15.9. The molecule has 4 rings (SSSR count). The number of para-hydroxylation sites is 1. The van der Waals surface area contributed by atoms with Crippen LogP contribution >= 0.6 is 0 Å². The summed E-state index contributed by atoms with van der Waals surface area (Å²) in [5, 5.41) is 2.54. The van der Waals surface area contributed by atoms with Crippen molar-refractivity contribution in [3.05, 3.63) is 69.6 Å². The number of nitrogens with one attached hydrogen (secondary N) is 1. The average molecular weight is 450 g/mol. The summed E-state index contributed by atoms with van der Waals surface area (Å²) in [6, 6.07) is 12.8. The quantitative estimate of drug-likeness (QED) is 0.600. The van der Waals surface area contributed by atoms with E-state index in [9.17, 15) is 9.59 Å². The second-order valence-electron chi connectivity index (χ2n) is 7.78. The molecule has 1 aromatic heterocycles. The molecule has 3 N–H and O–H groups in total. The molecule has 0 saturated carbocycles. The van der Waals surface area contributed by atoms with Crippen molar-refractivity contribution in [3.63, 3.8) is 0 Å². The number of carbonyl (C=O) groups excluding carboxylic acids is 1. The van der Waals surface area contributed by atoms with Gasteiger partial charge in [-0.25, -0.2) is 14.6 Å². The van der Waals surface area contributed by atoms with Crippen LogP contribution in [-0.4, -0.2) is 35.9 Å². The topological polar surface area (TPSA) is 113 Å². The second kappa shape index (κ2) is 9.23. The van der Waals surface area contributed by atoms with Gasteiger partial charge in [0.1, 0.15) is 5.49 Å². The largest absolute Gasteiger partial charge is 0.493 e. The van der Waals surface area contributed by atoms with Gasteiger partial charge in [-0.1, -0.05) is 18.2 Å². The molecular formula is C24H27N5O4. The smallest absolute Gasteiger partial charge is 0.330 e. The lowest BCUT2D eigenvalue weighted by Crippen LogP contribution is -2.44. The molecule has 9 nitrogen and oxygen atoms in total. The summed E-state index contributed by atoms with van der Waals surface area (Å²) >= 11 is 0. The van der Waals surface area contributed by atoms with Crippen LogP contribution in [-0.2, 0) is 19.5 Å². The maximum atomic E-state index is 13.5. The summed E-state index contributed by atoms with van der Waals surface area (Å²) < 4.78 is 14.2. The van der Waals surface area contributed by atoms with Crippen molar-refractivity contribution in [2.45, 2.75) is 26.4 Å². The first kappa shape index (κ1) is 22.2. The molecule has 0 atom stereocenters. The van der Waals surface area contributed by atoms with E-state index in [-0.39, 0.29) is 18.8 Å². The second-order valence-corrected chi connectivity index (χ2v) is 7.78. The van der Waals surface area contributed by atoms with E-state index >= 15 is 0 Å². The normalized spacial score (nSPS) is 12.6. The van der Waals surface area contributed by atoms with Gasteiger partial charge in [-0.05, 0) is 42.7 Å². The molecule has 0 aliphatic carbocycles. The number of nitrogens with two attached hydrogens (primary N) is 1. The van der Waals surface area contributed by atoms with E-state index in [1.807, 2.05) is 49.4 Å². The van der Waals surface area contributed by atoms with Crippen molar-refractivity contribution in [1.82, 2.24) is 14.5 Å². The molecule has 0 spiro atoms. The highest BCUT2D eigenvalue weighted by atomic mass is 16.5. The summed E-state index contributed by atoms with van der Waals surface area (Å²) in [6.45, 7) is 2.94. The molecule has 1 aliphatic rings. The van der Waals surface area contributed by atoms with E-state index in [1.54, 1.807) is 23.4 Å². The monoisotopic (exact) mass is 449 g/mol. The maximum absolute atomic E-state index is 13.5. The maximum Gasteiger partial charge on any atom is 0.330 e. The predicted octanol–water partition coefficient (Wildman–Crippen LogP) is 2.10. The Balaban J connectivity index is 1.94. The fourth-order valence-corrected chi connectivity index (χ4v) is 4.07. The number of aryl methyl sites for hydroxylation is 2. The molecule has 0 saturated heterocycles. The van der Waals surface area contributed by atoms with Gasteiger partial charge in [0, 0.05) is 31.3 Å². The summed E-state index contributed by atoms with van der Waals surface area (Å²) in [7, 11) is 3.19.